The maximum Gasteiger partial charge on any atom is 0.342 e. The molecule has 0 aromatic carbocycles. The summed E-state index contributed by atoms with van der Waals surface area (Å²) < 4.78 is 37.1. The van der Waals surface area contributed by atoms with Gasteiger partial charge in [0, 0.05) is 12.3 Å². The summed E-state index contributed by atoms with van der Waals surface area (Å²) in [7, 11) is -4.32. The van der Waals surface area contributed by atoms with E-state index in [1.54, 1.807) is 13.8 Å². The molecule has 42 heavy (non-hydrogen) atoms. The molecule has 1 aromatic heterocycles. The lowest BCUT2D eigenvalue weighted by atomic mass is 9.96. The molecule has 0 saturated carbocycles. The zero-order valence-corrected chi connectivity index (χ0v) is 26.1. The Labute approximate surface area is 244 Å². The first kappa shape index (κ1) is 35.8. The fraction of sp³-hybridized carbons (Fsp3) is 0.769. The number of rotatable bonds is 16. The Morgan fingerprint density at radius 3 is 2.00 bits per heavy atom. The maximum absolute atomic E-state index is 14.3. The second-order valence-electron chi connectivity index (χ2n) is 11.2. The van der Waals surface area contributed by atoms with E-state index < -0.39 is 73.6 Å². The van der Waals surface area contributed by atoms with E-state index >= 15 is 0 Å². The Hall–Kier alpha value is -2.39. The molecule has 15 nitrogen and oxygen atoms in total. The van der Waals surface area contributed by atoms with Crippen LogP contribution < -0.4 is 21.4 Å². The SMILES string of the molecule is CCOC(=O)[C@H](CC(C)C)NP(=O)(N[C@@H](CC(C)C)C(=O)OCC)OC[C@H]1O[C@@H](n2ccc(=O)[nH]c2=O)[C@](C)(O)[C@@H]1O. The first-order valence-corrected chi connectivity index (χ1v) is 15.7. The Kier molecular flexibility index (Phi) is 13.1. The average molecular weight is 621 g/mol. The lowest BCUT2D eigenvalue weighted by Crippen LogP contribution is -2.47. The predicted molar refractivity (Wildman–Crippen MR) is 151 cm³/mol. The first-order valence-electron chi connectivity index (χ1n) is 14.0. The van der Waals surface area contributed by atoms with Crippen LogP contribution in [-0.4, -0.2) is 81.4 Å². The molecular weight excluding hydrogens is 575 g/mol. The number of hydrogen-bond donors (Lipinski definition) is 5. The summed E-state index contributed by atoms with van der Waals surface area (Å²) in [5, 5.41) is 27.3. The summed E-state index contributed by atoms with van der Waals surface area (Å²) >= 11 is 0. The lowest BCUT2D eigenvalue weighted by Gasteiger charge is -2.30. The number of aliphatic hydroxyl groups is 2. The molecule has 5 N–H and O–H groups in total. The van der Waals surface area contributed by atoms with E-state index in [4.69, 9.17) is 18.7 Å². The van der Waals surface area contributed by atoms with Gasteiger partial charge in [-0.3, -0.25) is 28.5 Å². The summed E-state index contributed by atoms with van der Waals surface area (Å²) in [6.07, 6.45) is -2.85. The number of nitrogens with zero attached hydrogens (tertiary/aromatic N) is 1. The molecule has 6 atom stereocenters. The summed E-state index contributed by atoms with van der Waals surface area (Å²) in [6.45, 7) is 11.5. The first-order chi connectivity index (χ1) is 19.5. The normalized spacial score (nSPS) is 24.1. The Balaban J connectivity index is 2.41. The second kappa shape index (κ2) is 15.4. The topological polar surface area (TPSA) is 208 Å². The van der Waals surface area contributed by atoms with Crippen molar-refractivity contribution in [3.05, 3.63) is 33.1 Å². The van der Waals surface area contributed by atoms with Crippen molar-refractivity contribution in [2.24, 2.45) is 11.8 Å². The van der Waals surface area contributed by atoms with Crippen LogP contribution in [0.25, 0.3) is 0 Å². The summed E-state index contributed by atoms with van der Waals surface area (Å²) in [6, 6.07) is -1.13. The zero-order valence-electron chi connectivity index (χ0n) is 25.2. The highest BCUT2D eigenvalue weighted by molar-refractivity contribution is 7.54. The van der Waals surface area contributed by atoms with Crippen LogP contribution in [0.1, 0.15) is 67.5 Å². The minimum Gasteiger partial charge on any atom is -0.465 e. The van der Waals surface area contributed by atoms with Gasteiger partial charge in [-0.05, 0) is 45.4 Å². The molecule has 240 valence electrons. The van der Waals surface area contributed by atoms with E-state index in [1.807, 2.05) is 27.7 Å². The van der Waals surface area contributed by atoms with Crippen molar-refractivity contribution >= 4 is 19.6 Å². The number of aromatic nitrogens is 2. The van der Waals surface area contributed by atoms with Gasteiger partial charge in [-0.15, -0.1) is 0 Å². The van der Waals surface area contributed by atoms with Crippen molar-refractivity contribution in [1.82, 2.24) is 19.7 Å². The van der Waals surface area contributed by atoms with E-state index in [2.05, 4.69) is 15.2 Å². The third kappa shape index (κ3) is 9.56. The van der Waals surface area contributed by atoms with Crippen molar-refractivity contribution in [2.75, 3.05) is 19.8 Å². The molecule has 1 saturated heterocycles. The minimum atomic E-state index is -4.32. The van der Waals surface area contributed by atoms with Crippen LogP contribution in [0.2, 0.25) is 0 Å². The monoisotopic (exact) mass is 620 g/mol. The van der Waals surface area contributed by atoms with Gasteiger partial charge in [0.15, 0.2) is 6.23 Å². The van der Waals surface area contributed by atoms with Crippen LogP contribution in [0.5, 0.6) is 0 Å². The van der Waals surface area contributed by atoms with Crippen LogP contribution in [0, 0.1) is 11.8 Å². The molecular formula is C26H45N4O11P. The second-order valence-corrected chi connectivity index (χ2v) is 13.1. The molecule has 0 aliphatic carbocycles. The van der Waals surface area contributed by atoms with Gasteiger partial charge in [0.25, 0.3) is 5.56 Å². The quantitative estimate of drug-likeness (QED) is 0.128. The van der Waals surface area contributed by atoms with Gasteiger partial charge in [-0.1, -0.05) is 27.7 Å². The number of carbonyl (C=O) groups excluding carboxylic acids is 2. The molecule has 0 unspecified atom stereocenters. The van der Waals surface area contributed by atoms with E-state index in [0.29, 0.717) is 0 Å². The van der Waals surface area contributed by atoms with Crippen molar-refractivity contribution in [2.45, 2.75) is 97.4 Å². The van der Waals surface area contributed by atoms with E-state index in [-0.39, 0.29) is 37.9 Å². The Morgan fingerprint density at radius 2 is 1.57 bits per heavy atom. The van der Waals surface area contributed by atoms with Gasteiger partial charge in [-0.25, -0.2) is 15.0 Å². The highest BCUT2D eigenvalue weighted by atomic mass is 31.2. The summed E-state index contributed by atoms with van der Waals surface area (Å²) in [5.74, 6) is -1.40. The number of ether oxygens (including phenoxy) is 3. The average Bonchev–Trinajstić information content (AvgIpc) is 3.10. The predicted octanol–water partition coefficient (Wildman–Crippen LogP) is 0.805. The molecule has 0 radical (unpaired) electrons. The Morgan fingerprint density at radius 1 is 1.07 bits per heavy atom. The fourth-order valence-corrected chi connectivity index (χ4v) is 6.34. The third-order valence-electron chi connectivity index (χ3n) is 6.49. The minimum absolute atomic E-state index is 0.0247. The van der Waals surface area contributed by atoms with Gasteiger partial charge in [-0.2, -0.15) is 0 Å². The van der Waals surface area contributed by atoms with E-state index in [0.717, 1.165) is 16.8 Å². The van der Waals surface area contributed by atoms with Gasteiger partial charge < -0.3 is 28.9 Å². The lowest BCUT2D eigenvalue weighted by molar-refractivity contribution is -0.146. The summed E-state index contributed by atoms with van der Waals surface area (Å²) in [4.78, 5) is 51.4. The molecule has 1 aliphatic heterocycles. The number of esters is 2. The van der Waals surface area contributed by atoms with Crippen LogP contribution in [-0.2, 0) is 32.9 Å². The van der Waals surface area contributed by atoms with Gasteiger partial charge >= 0.3 is 25.3 Å². The van der Waals surface area contributed by atoms with Crippen LogP contribution in [0.15, 0.2) is 21.9 Å². The van der Waals surface area contributed by atoms with Crippen molar-refractivity contribution < 1.29 is 43.1 Å². The van der Waals surface area contributed by atoms with Crippen LogP contribution in [0.3, 0.4) is 0 Å². The number of aliphatic hydroxyl groups excluding tert-OH is 1. The van der Waals surface area contributed by atoms with Gasteiger partial charge in [0.05, 0.1) is 19.8 Å². The third-order valence-corrected chi connectivity index (χ3v) is 8.30. The van der Waals surface area contributed by atoms with Gasteiger partial charge in [0.2, 0.25) is 0 Å². The zero-order chi connectivity index (χ0) is 31.8. The van der Waals surface area contributed by atoms with Crippen molar-refractivity contribution in [3.8, 4) is 0 Å². The molecule has 0 bridgehead atoms. The summed E-state index contributed by atoms with van der Waals surface area (Å²) in [5.41, 5.74) is -3.58. The fourth-order valence-electron chi connectivity index (χ4n) is 4.52. The molecule has 1 aliphatic rings. The number of hydrogen-bond acceptors (Lipinski definition) is 11. The van der Waals surface area contributed by atoms with Crippen molar-refractivity contribution in [1.29, 1.82) is 0 Å². The Bertz CT molecular complexity index is 1180. The van der Waals surface area contributed by atoms with E-state index in [9.17, 15) is 34.0 Å². The smallest absolute Gasteiger partial charge is 0.342 e. The van der Waals surface area contributed by atoms with Crippen LogP contribution >= 0.6 is 7.67 Å². The number of H-pyrrole nitrogens is 1. The largest absolute Gasteiger partial charge is 0.465 e. The molecule has 1 fully saturated rings. The molecule has 0 amide bonds. The number of nitrogens with one attached hydrogen (secondary N) is 3. The molecule has 2 heterocycles. The van der Waals surface area contributed by atoms with Crippen molar-refractivity contribution in [3.63, 3.8) is 0 Å². The number of carbonyl (C=O) groups is 2. The highest BCUT2D eigenvalue weighted by Crippen LogP contribution is 2.44. The molecule has 0 spiro atoms. The number of aromatic amines is 1. The molecule has 16 heteroatoms. The highest BCUT2D eigenvalue weighted by Gasteiger charge is 2.54. The van der Waals surface area contributed by atoms with Crippen LogP contribution in [0.4, 0.5) is 0 Å². The maximum atomic E-state index is 14.3. The molecule has 1 aromatic rings. The molecule has 2 rings (SSSR count). The van der Waals surface area contributed by atoms with E-state index in [1.165, 1.54) is 6.92 Å². The van der Waals surface area contributed by atoms with Gasteiger partial charge in [0.1, 0.15) is 29.9 Å². The standard InChI is InChI=1S/C26H45N4O11P/c1-8-38-22(33)17(12-15(3)4)28-42(37,29-18(13-16(5)6)23(34)39-9-2)40-14-19-21(32)26(7,36)24(41-19)30-11-10-20(31)27-25(30)35/h10-11,15-19,21,24,32,36H,8-9,12-14H2,1-7H3,(H,27,31,35)(H2,28,29,37)/t17-,18-,19+,21+,24+,26+/m0/s1.